The first kappa shape index (κ1) is 15.2. The van der Waals surface area contributed by atoms with Crippen LogP contribution >= 0.6 is 0 Å². The molecular formula is C15H22N2O2. The van der Waals surface area contributed by atoms with Gasteiger partial charge in [0.2, 0.25) is 0 Å². The summed E-state index contributed by atoms with van der Waals surface area (Å²) in [6.45, 7) is 6.70. The Morgan fingerprint density at radius 1 is 1.42 bits per heavy atom. The molecule has 0 aromatic carbocycles. The molecule has 1 heterocycles. The highest BCUT2D eigenvalue weighted by molar-refractivity contribution is 5.99. The van der Waals surface area contributed by atoms with Crippen molar-refractivity contribution in [3.63, 3.8) is 0 Å². The maximum Gasteiger partial charge on any atom is 0.267 e. The highest BCUT2D eigenvalue weighted by Crippen LogP contribution is 2.11. The molecule has 0 saturated heterocycles. The average Bonchev–Trinajstić information content (AvgIpc) is 2.79. The number of nitrogens with zero attached hydrogens (tertiary/aromatic N) is 1. The molecule has 0 aliphatic heterocycles. The standard InChI is InChI=1S/C15H22N2O2/c1-4-6-7-8-9-17-11-13(12(3)18)10-14(17)15(19)16-5-2/h4,6,10-11H,5,7-9H2,1-3H3,(H,16,19)/b6-4+. The van der Waals surface area contributed by atoms with Gasteiger partial charge < -0.3 is 9.88 Å². The Bertz CT molecular complexity index is 472. The van der Waals surface area contributed by atoms with Gasteiger partial charge in [0, 0.05) is 24.8 Å². The zero-order valence-corrected chi connectivity index (χ0v) is 11.9. The molecule has 0 unspecified atom stereocenters. The predicted octanol–water partition coefficient (Wildman–Crippen LogP) is 2.80. The lowest BCUT2D eigenvalue weighted by atomic mass is 10.2. The minimum absolute atomic E-state index is 0.0160. The smallest absolute Gasteiger partial charge is 0.267 e. The van der Waals surface area contributed by atoms with Crippen LogP contribution in [0.3, 0.4) is 0 Å². The summed E-state index contributed by atoms with van der Waals surface area (Å²) in [6, 6.07) is 1.67. The molecule has 1 aromatic rings. The van der Waals surface area contributed by atoms with Crippen LogP contribution in [0.5, 0.6) is 0 Å². The molecule has 1 amide bonds. The zero-order valence-electron chi connectivity index (χ0n) is 11.9. The van der Waals surface area contributed by atoms with Crippen molar-refractivity contribution in [1.82, 2.24) is 9.88 Å². The first-order valence-corrected chi connectivity index (χ1v) is 6.70. The molecular weight excluding hydrogens is 240 g/mol. The van der Waals surface area contributed by atoms with Crippen LogP contribution in [0.1, 0.15) is 54.5 Å². The van der Waals surface area contributed by atoms with Crippen molar-refractivity contribution < 1.29 is 9.59 Å². The summed E-state index contributed by atoms with van der Waals surface area (Å²) in [4.78, 5) is 23.3. The molecule has 0 aliphatic rings. The number of nitrogens with one attached hydrogen (secondary N) is 1. The SMILES string of the molecule is C/C=C/CCCn1cc(C(C)=O)cc1C(=O)NCC. The fourth-order valence-electron chi connectivity index (χ4n) is 1.88. The highest BCUT2D eigenvalue weighted by atomic mass is 16.2. The molecule has 0 saturated carbocycles. The number of aryl methyl sites for hydroxylation is 1. The van der Waals surface area contributed by atoms with E-state index in [0.29, 0.717) is 17.8 Å². The molecule has 1 rings (SSSR count). The fourth-order valence-corrected chi connectivity index (χ4v) is 1.88. The number of carbonyl (C=O) groups excluding carboxylic acids is 2. The van der Waals surface area contributed by atoms with Crippen LogP contribution in [0, 0.1) is 0 Å². The molecule has 4 nitrogen and oxygen atoms in total. The van der Waals surface area contributed by atoms with E-state index >= 15 is 0 Å². The largest absolute Gasteiger partial charge is 0.351 e. The number of allylic oxidation sites excluding steroid dienone is 2. The van der Waals surface area contributed by atoms with E-state index in [2.05, 4.69) is 11.4 Å². The minimum atomic E-state index is -0.124. The molecule has 104 valence electrons. The summed E-state index contributed by atoms with van der Waals surface area (Å²) in [6.07, 6.45) is 7.80. The fraction of sp³-hybridized carbons (Fsp3) is 0.467. The summed E-state index contributed by atoms with van der Waals surface area (Å²) in [5.41, 5.74) is 1.15. The van der Waals surface area contributed by atoms with E-state index in [0.717, 1.165) is 19.4 Å². The van der Waals surface area contributed by atoms with Gasteiger partial charge in [0.25, 0.3) is 5.91 Å². The Morgan fingerprint density at radius 2 is 2.16 bits per heavy atom. The molecule has 0 radical (unpaired) electrons. The van der Waals surface area contributed by atoms with Crippen molar-refractivity contribution in [1.29, 1.82) is 0 Å². The first-order chi connectivity index (χ1) is 9.10. The van der Waals surface area contributed by atoms with Gasteiger partial charge in [0.1, 0.15) is 5.69 Å². The third kappa shape index (κ3) is 4.39. The average molecular weight is 262 g/mol. The lowest BCUT2D eigenvalue weighted by Gasteiger charge is -2.07. The van der Waals surface area contributed by atoms with Crippen LogP contribution in [0.15, 0.2) is 24.4 Å². The molecule has 0 atom stereocenters. The lowest BCUT2D eigenvalue weighted by Crippen LogP contribution is -2.25. The summed E-state index contributed by atoms with van der Waals surface area (Å²) in [5.74, 6) is -0.140. The van der Waals surface area contributed by atoms with E-state index in [1.54, 1.807) is 12.3 Å². The number of hydrogen-bond acceptors (Lipinski definition) is 2. The molecule has 1 N–H and O–H groups in total. The topological polar surface area (TPSA) is 51.1 Å². The highest BCUT2D eigenvalue weighted by Gasteiger charge is 2.14. The van der Waals surface area contributed by atoms with Crippen molar-refractivity contribution in [2.75, 3.05) is 6.54 Å². The minimum Gasteiger partial charge on any atom is -0.351 e. The third-order valence-electron chi connectivity index (χ3n) is 2.88. The van der Waals surface area contributed by atoms with Crippen LogP contribution in [-0.4, -0.2) is 22.8 Å². The molecule has 19 heavy (non-hydrogen) atoms. The van der Waals surface area contributed by atoms with Gasteiger partial charge >= 0.3 is 0 Å². The van der Waals surface area contributed by atoms with E-state index in [9.17, 15) is 9.59 Å². The Balaban J connectivity index is 2.86. The van der Waals surface area contributed by atoms with Gasteiger partial charge in [-0.25, -0.2) is 0 Å². The molecule has 0 bridgehead atoms. The van der Waals surface area contributed by atoms with Crippen LogP contribution in [-0.2, 0) is 6.54 Å². The summed E-state index contributed by atoms with van der Waals surface area (Å²) in [5, 5.41) is 2.77. The van der Waals surface area contributed by atoms with Crippen LogP contribution in [0.2, 0.25) is 0 Å². The van der Waals surface area contributed by atoms with Gasteiger partial charge in [0.15, 0.2) is 5.78 Å². The van der Waals surface area contributed by atoms with E-state index in [1.807, 2.05) is 24.5 Å². The number of amides is 1. The third-order valence-corrected chi connectivity index (χ3v) is 2.88. The zero-order chi connectivity index (χ0) is 14.3. The number of hydrogen-bond donors (Lipinski definition) is 1. The number of unbranched alkanes of at least 4 members (excludes halogenated alkanes) is 1. The second kappa shape index (κ2) is 7.56. The predicted molar refractivity (Wildman–Crippen MR) is 76.5 cm³/mol. The normalized spacial score (nSPS) is 10.9. The van der Waals surface area contributed by atoms with Gasteiger partial charge in [-0.2, -0.15) is 0 Å². The molecule has 0 aliphatic carbocycles. The monoisotopic (exact) mass is 262 g/mol. The number of rotatable bonds is 7. The first-order valence-electron chi connectivity index (χ1n) is 6.70. The Labute approximate surface area is 114 Å². The summed E-state index contributed by atoms with van der Waals surface area (Å²) < 4.78 is 1.87. The van der Waals surface area contributed by atoms with E-state index in [1.165, 1.54) is 6.92 Å². The lowest BCUT2D eigenvalue weighted by molar-refractivity contribution is 0.0946. The van der Waals surface area contributed by atoms with Crippen molar-refractivity contribution in [2.24, 2.45) is 0 Å². The van der Waals surface area contributed by atoms with Crippen LogP contribution < -0.4 is 5.32 Å². The van der Waals surface area contributed by atoms with E-state index < -0.39 is 0 Å². The molecule has 1 aromatic heterocycles. The van der Waals surface area contributed by atoms with Crippen molar-refractivity contribution in [2.45, 2.75) is 40.2 Å². The van der Waals surface area contributed by atoms with Crippen molar-refractivity contribution in [3.05, 3.63) is 35.7 Å². The molecule has 4 heteroatoms. The Hall–Kier alpha value is -1.84. The number of ketones is 1. The van der Waals surface area contributed by atoms with Gasteiger partial charge in [-0.15, -0.1) is 0 Å². The number of aromatic nitrogens is 1. The van der Waals surface area contributed by atoms with Gasteiger partial charge in [-0.1, -0.05) is 12.2 Å². The van der Waals surface area contributed by atoms with Crippen molar-refractivity contribution in [3.8, 4) is 0 Å². The number of Topliss-reactive ketones (excluding diaryl/α,β-unsaturated/α-hetero) is 1. The second-order valence-electron chi connectivity index (χ2n) is 4.43. The van der Waals surface area contributed by atoms with Gasteiger partial charge in [-0.05, 0) is 39.7 Å². The van der Waals surface area contributed by atoms with Crippen LogP contribution in [0.25, 0.3) is 0 Å². The Kier molecular flexibility index (Phi) is 6.06. The quantitative estimate of drug-likeness (QED) is 0.466. The Morgan fingerprint density at radius 3 is 2.74 bits per heavy atom. The number of carbonyl (C=O) groups is 2. The van der Waals surface area contributed by atoms with Gasteiger partial charge in [0.05, 0.1) is 0 Å². The molecule has 0 fully saturated rings. The summed E-state index contributed by atoms with van der Waals surface area (Å²) >= 11 is 0. The van der Waals surface area contributed by atoms with Gasteiger partial charge in [-0.3, -0.25) is 9.59 Å². The summed E-state index contributed by atoms with van der Waals surface area (Å²) in [7, 11) is 0. The second-order valence-corrected chi connectivity index (χ2v) is 4.43. The van der Waals surface area contributed by atoms with E-state index in [-0.39, 0.29) is 11.7 Å². The maximum absolute atomic E-state index is 11.9. The van der Waals surface area contributed by atoms with Crippen LogP contribution in [0.4, 0.5) is 0 Å². The maximum atomic E-state index is 11.9. The molecule has 0 spiro atoms. The van der Waals surface area contributed by atoms with E-state index in [4.69, 9.17) is 0 Å². The van der Waals surface area contributed by atoms with Crippen molar-refractivity contribution >= 4 is 11.7 Å².